The van der Waals surface area contributed by atoms with Crippen molar-refractivity contribution >= 4 is 34.1 Å². The maximum Gasteiger partial charge on any atom is 0.241 e. The van der Waals surface area contributed by atoms with E-state index in [2.05, 4.69) is 141 Å². The lowest BCUT2D eigenvalue weighted by Gasteiger charge is -2.27. The van der Waals surface area contributed by atoms with Crippen molar-refractivity contribution in [1.29, 1.82) is 0 Å². The van der Waals surface area contributed by atoms with Crippen LogP contribution >= 0.6 is 0 Å². The molecule has 0 amide bonds. The number of para-hydroxylation sites is 3. The quantitative estimate of drug-likeness (QED) is 0.218. The van der Waals surface area contributed by atoms with Crippen LogP contribution in [-0.4, -0.2) is 19.3 Å². The fourth-order valence-electron chi connectivity index (χ4n) is 7.20. The van der Waals surface area contributed by atoms with Gasteiger partial charge in [0.1, 0.15) is 0 Å². The molecule has 0 N–H and O–H groups in total. The van der Waals surface area contributed by atoms with Crippen LogP contribution in [0.25, 0.3) is 40.0 Å². The Labute approximate surface area is 250 Å². The number of aromatic nitrogens is 4. The summed E-state index contributed by atoms with van der Waals surface area (Å²) in [5, 5.41) is 11.1. The van der Waals surface area contributed by atoms with Gasteiger partial charge in [-0.2, -0.15) is 0 Å². The van der Waals surface area contributed by atoms with Crippen molar-refractivity contribution in [3.05, 3.63) is 150 Å². The molecule has 1 atom stereocenters. The molecule has 6 aromatic rings. The van der Waals surface area contributed by atoms with Gasteiger partial charge in [0.15, 0.2) is 5.82 Å². The minimum atomic E-state index is 0.227. The maximum absolute atomic E-state index is 4.93. The molecule has 9 rings (SSSR count). The molecule has 3 heterocycles. The number of fused-ring (bicyclic) bond motifs is 6. The van der Waals surface area contributed by atoms with E-state index in [-0.39, 0.29) is 5.92 Å². The van der Waals surface area contributed by atoms with Crippen LogP contribution in [0.4, 0.5) is 11.4 Å². The van der Waals surface area contributed by atoms with E-state index in [0.717, 1.165) is 36.6 Å². The van der Waals surface area contributed by atoms with Crippen LogP contribution in [0.15, 0.2) is 133 Å². The molecule has 4 aromatic carbocycles. The summed E-state index contributed by atoms with van der Waals surface area (Å²) in [5.41, 5.74) is 11.1. The molecule has 2 aliphatic carbocycles. The van der Waals surface area contributed by atoms with Crippen molar-refractivity contribution in [2.45, 2.75) is 25.2 Å². The third-order valence-corrected chi connectivity index (χ3v) is 9.06. The van der Waals surface area contributed by atoms with E-state index in [1.165, 1.54) is 50.5 Å². The van der Waals surface area contributed by atoms with Crippen molar-refractivity contribution in [3.63, 3.8) is 0 Å². The van der Waals surface area contributed by atoms with E-state index >= 15 is 0 Å². The van der Waals surface area contributed by atoms with Gasteiger partial charge in [0.2, 0.25) is 5.95 Å². The first-order valence-electron chi connectivity index (χ1n) is 15.0. The summed E-state index contributed by atoms with van der Waals surface area (Å²) in [6.07, 6.45) is 12.0. The monoisotopic (exact) mass is 555 g/mol. The number of benzene rings is 4. The van der Waals surface area contributed by atoms with Gasteiger partial charge in [-0.15, -0.1) is 10.2 Å². The number of rotatable bonds is 4. The van der Waals surface area contributed by atoms with E-state index in [4.69, 9.17) is 10.2 Å². The van der Waals surface area contributed by atoms with Gasteiger partial charge in [0, 0.05) is 46.1 Å². The van der Waals surface area contributed by atoms with E-state index < -0.39 is 0 Å². The van der Waals surface area contributed by atoms with Gasteiger partial charge in [-0.05, 0) is 66.5 Å². The van der Waals surface area contributed by atoms with Crippen LogP contribution in [0, 0.1) is 0 Å². The van der Waals surface area contributed by atoms with Gasteiger partial charge in [-0.1, -0.05) is 91.0 Å². The topological polar surface area (TPSA) is 38.9 Å². The number of allylic oxidation sites excluding steroid dienone is 5. The van der Waals surface area contributed by atoms with Gasteiger partial charge in [0.05, 0.1) is 11.2 Å². The first-order valence-corrected chi connectivity index (χ1v) is 15.0. The van der Waals surface area contributed by atoms with Gasteiger partial charge in [-0.3, -0.25) is 9.13 Å². The SMILES string of the molecule is C1=Cc2c(c3ccccc3n2-c2nnc(-c3ccccc3)n2C2=CC=C3C(C2)c2ccccc2N3c2ccccc2)CC1. The highest BCUT2D eigenvalue weighted by molar-refractivity contribution is 5.91. The average Bonchev–Trinajstić information content (AvgIpc) is 3.75. The van der Waals surface area contributed by atoms with Crippen LogP contribution in [0.5, 0.6) is 0 Å². The first-order chi connectivity index (χ1) is 21.4. The molecule has 3 aliphatic rings. The minimum absolute atomic E-state index is 0.227. The predicted molar refractivity (Wildman–Crippen MR) is 174 cm³/mol. The summed E-state index contributed by atoms with van der Waals surface area (Å²) in [7, 11) is 0. The Bertz CT molecular complexity index is 2110. The minimum Gasteiger partial charge on any atom is -0.313 e. The van der Waals surface area contributed by atoms with Crippen molar-refractivity contribution in [2.24, 2.45) is 0 Å². The fraction of sp³-hybridized carbons (Fsp3) is 0.105. The lowest BCUT2D eigenvalue weighted by atomic mass is 9.90. The van der Waals surface area contributed by atoms with Crippen molar-refractivity contribution < 1.29 is 0 Å². The van der Waals surface area contributed by atoms with Gasteiger partial charge in [0.25, 0.3) is 0 Å². The molecule has 2 aromatic heterocycles. The smallest absolute Gasteiger partial charge is 0.241 e. The second kappa shape index (κ2) is 9.57. The number of anilines is 2. The molecule has 0 fully saturated rings. The summed E-state index contributed by atoms with van der Waals surface area (Å²) in [5.74, 6) is 1.92. The molecular formula is C38H29N5. The predicted octanol–water partition coefficient (Wildman–Crippen LogP) is 8.91. The van der Waals surface area contributed by atoms with E-state index in [9.17, 15) is 0 Å². The molecule has 206 valence electrons. The number of aryl methyl sites for hydroxylation is 1. The summed E-state index contributed by atoms with van der Waals surface area (Å²) >= 11 is 0. The second-order valence-corrected chi connectivity index (χ2v) is 11.4. The Kier molecular flexibility index (Phi) is 5.38. The highest BCUT2D eigenvalue weighted by Gasteiger charge is 2.37. The zero-order valence-electron chi connectivity index (χ0n) is 23.6. The second-order valence-electron chi connectivity index (χ2n) is 11.4. The van der Waals surface area contributed by atoms with Crippen molar-refractivity contribution in [1.82, 2.24) is 19.3 Å². The van der Waals surface area contributed by atoms with Crippen LogP contribution in [-0.2, 0) is 6.42 Å². The highest BCUT2D eigenvalue weighted by Crippen LogP contribution is 2.52. The first kappa shape index (κ1) is 24.2. The fourth-order valence-corrected chi connectivity index (χ4v) is 7.20. The number of nitrogens with zero attached hydrogens (tertiary/aromatic N) is 5. The largest absolute Gasteiger partial charge is 0.313 e. The Morgan fingerprint density at radius 1 is 0.698 bits per heavy atom. The highest BCUT2D eigenvalue weighted by atomic mass is 15.4. The molecule has 0 saturated carbocycles. The van der Waals surface area contributed by atoms with Crippen molar-refractivity contribution in [3.8, 4) is 17.3 Å². The lowest BCUT2D eigenvalue weighted by Crippen LogP contribution is -2.18. The molecule has 0 radical (unpaired) electrons. The van der Waals surface area contributed by atoms with Gasteiger partial charge >= 0.3 is 0 Å². The summed E-state index contributed by atoms with van der Waals surface area (Å²) < 4.78 is 4.62. The normalized spacial score (nSPS) is 16.9. The Morgan fingerprint density at radius 3 is 2.35 bits per heavy atom. The summed E-state index contributed by atoms with van der Waals surface area (Å²) in [6, 6.07) is 38.7. The zero-order chi connectivity index (χ0) is 28.3. The van der Waals surface area contributed by atoms with Crippen LogP contribution in [0.1, 0.15) is 35.6 Å². The molecule has 0 saturated heterocycles. The zero-order valence-corrected chi connectivity index (χ0v) is 23.6. The molecule has 43 heavy (non-hydrogen) atoms. The number of hydrogen-bond acceptors (Lipinski definition) is 3. The Hall–Kier alpha value is -5.42. The van der Waals surface area contributed by atoms with Crippen LogP contribution < -0.4 is 4.90 Å². The van der Waals surface area contributed by atoms with E-state index in [1.54, 1.807) is 0 Å². The van der Waals surface area contributed by atoms with Crippen LogP contribution in [0.3, 0.4) is 0 Å². The van der Waals surface area contributed by atoms with E-state index in [0.29, 0.717) is 0 Å². The standard InChI is InChI=1S/C38H29N5/c1-3-13-26(14-4-1)37-39-40-38(43-34-21-11-7-17-29(34)30-18-8-12-22-35(30)43)42(37)28-23-24-36-32(25-28)31-19-9-10-20-33(31)41(36)27-15-5-2-6-16-27/h1-7,9-17,19-24,32H,8,18,25H2. The van der Waals surface area contributed by atoms with Gasteiger partial charge < -0.3 is 4.90 Å². The third kappa shape index (κ3) is 3.64. The molecule has 0 spiro atoms. The molecule has 1 aliphatic heterocycles. The molecule has 0 bridgehead atoms. The molecule has 5 heteroatoms. The third-order valence-electron chi connectivity index (χ3n) is 9.06. The van der Waals surface area contributed by atoms with E-state index in [1.807, 2.05) is 6.07 Å². The van der Waals surface area contributed by atoms with Gasteiger partial charge in [-0.25, -0.2) is 0 Å². The maximum atomic E-state index is 4.93. The average molecular weight is 556 g/mol. The lowest BCUT2D eigenvalue weighted by molar-refractivity contribution is 0.784. The number of hydrogen-bond donors (Lipinski definition) is 0. The summed E-state index contributed by atoms with van der Waals surface area (Å²) in [6.45, 7) is 0. The molecule has 1 unspecified atom stereocenters. The van der Waals surface area contributed by atoms with Crippen LogP contribution in [0.2, 0.25) is 0 Å². The Balaban J connectivity index is 1.27. The summed E-state index contributed by atoms with van der Waals surface area (Å²) in [4.78, 5) is 2.42. The Morgan fingerprint density at radius 2 is 1.47 bits per heavy atom. The molecular weight excluding hydrogens is 526 g/mol. The molecule has 5 nitrogen and oxygen atoms in total. The van der Waals surface area contributed by atoms with Crippen molar-refractivity contribution in [2.75, 3.05) is 4.90 Å².